The van der Waals surface area contributed by atoms with E-state index in [1.165, 1.54) is 4.68 Å². The molecule has 1 aromatic heterocycles. The van der Waals surface area contributed by atoms with Crippen LogP contribution in [0.15, 0.2) is 79.5 Å². The van der Waals surface area contributed by atoms with Gasteiger partial charge in [0.25, 0.3) is 5.56 Å². The Balaban J connectivity index is 1.59. The van der Waals surface area contributed by atoms with E-state index in [2.05, 4.69) is 66.5 Å². The summed E-state index contributed by atoms with van der Waals surface area (Å²) >= 11 is 9.15. The number of rotatable bonds is 8. The van der Waals surface area contributed by atoms with Gasteiger partial charge in [-0.1, -0.05) is 57.3 Å². The van der Waals surface area contributed by atoms with E-state index in [4.69, 9.17) is 9.72 Å². The zero-order valence-corrected chi connectivity index (χ0v) is 23.8. The van der Waals surface area contributed by atoms with Gasteiger partial charge in [0.15, 0.2) is 0 Å². The van der Waals surface area contributed by atoms with E-state index in [1.807, 2.05) is 54.6 Å². The summed E-state index contributed by atoms with van der Waals surface area (Å²) in [6, 6.07) is 19.5. The molecular formula is C26H22Br2IN3O2. The molecule has 0 amide bonds. The molecule has 1 heterocycles. The lowest BCUT2D eigenvalue weighted by atomic mass is 10.2. The Morgan fingerprint density at radius 2 is 1.82 bits per heavy atom. The molecule has 0 unspecified atom stereocenters. The second-order valence-electron chi connectivity index (χ2n) is 7.76. The lowest BCUT2D eigenvalue weighted by Gasteiger charge is -2.10. The first-order valence-corrected chi connectivity index (χ1v) is 13.5. The average molecular weight is 695 g/mol. The van der Waals surface area contributed by atoms with Gasteiger partial charge in [0.2, 0.25) is 0 Å². The Hall–Kier alpha value is -2.04. The molecule has 0 bridgehead atoms. The molecule has 0 aliphatic rings. The van der Waals surface area contributed by atoms with Crippen molar-refractivity contribution in [2.75, 3.05) is 0 Å². The minimum Gasteiger partial charge on any atom is -0.488 e. The van der Waals surface area contributed by atoms with E-state index >= 15 is 0 Å². The zero-order chi connectivity index (χ0) is 24.1. The second-order valence-corrected chi connectivity index (χ2v) is 10.8. The quantitative estimate of drug-likeness (QED) is 0.143. The molecule has 4 aromatic rings. The molecule has 0 spiro atoms. The van der Waals surface area contributed by atoms with Crippen molar-refractivity contribution in [2.24, 2.45) is 5.10 Å². The van der Waals surface area contributed by atoms with Crippen LogP contribution in [0, 0.1) is 3.57 Å². The number of aromatic nitrogens is 2. The number of fused-ring (bicyclic) bond motifs is 1. The Bertz CT molecular complexity index is 1400. The number of nitrogens with zero attached hydrogens (tertiary/aromatic N) is 3. The van der Waals surface area contributed by atoms with Crippen LogP contribution in [0.5, 0.6) is 5.75 Å². The van der Waals surface area contributed by atoms with E-state index in [-0.39, 0.29) is 5.56 Å². The molecule has 0 saturated carbocycles. The highest BCUT2D eigenvalue weighted by atomic mass is 127. The van der Waals surface area contributed by atoms with Gasteiger partial charge in [0.05, 0.1) is 20.7 Å². The van der Waals surface area contributed by atoms with Gasteiger partial charge in [0.1, 0.15) is 18.2 Å². The van der Waals surface area contributed by atoms with Gasteiger partial charge in [-0.05, 0) is 88.7 Å². The van der Waals surface area contributed by atoms with Crippen LogP contribution in [-0.2, 0) is 13.0 Å². The Morgan fingerprint density at radius 3 is 2.56 bits per heavy atom. The first kappa shape index (κ1) is 25.1. The minimum atomic E-state index is -0.169. The molecule has 0 atom stereocenters. The molecular weight excluding hydrogens is 673 g/mol. The van der Waals surface area contributed by atoms with E-state index in [0.29, 0.717) is 29.8 Å². The fraction of sp³-hybridized carbons (Fsp3) is 0.192. The molecule has 8 heteroatoms. The van der Waals surface area contributed by atoms with Gasteiger partial charge in [-0.25, -0.2) is 4.98 Å². The predicted molar refractivity (Wildman–Crippen MR) is 153 cm³/mol. The standard InChI is InChI=1S/C26H22Br2IN3O2/c1-2-3-4-25-31-23-11-10-20(28)14-21(23)26(33)32(25)30-15-18-7-12-24(22(29)13-18)34-16-17-5-8-19(27)9-6-17/h5-15H,2-4,16H2,1H3. The number of hydrogen-bond donors (Lipinski definition) is 0. The molecule has 174 valence electrons. The van der Waals surface area contributed by atoms with Crippen LogP contribution in [0.25, 0.3) is 10.9 Å². The molecule has 0 radical (unpaired) electrons. The molecule has 3 aromatic carbocycles. The minimum absolute atomic E-state index is 0.169. The summed E-state index contributed by atoms with van der Waals surface area (Å²) in [6.07, 6.45) is 4.34. The summed E-state index contributed by atoms with van der Waals surface area (Å²) in [6.45, 7) is 2.61. The Kier molecular flexibility index (Phi) is 8.55. The first-order valence-electron chi connectivity index (χ1n) is 10.9. The topological polar surface area (TPSA) is 56.5 Å². The highest BCUT2D eigenvalue weighted by Gasteiger charge is 2.11. The van der Waals surface area contributed by atoms with Crippen molar-refractivity contribution in [2.45, 2.75) is 32.8 Å². The third kappa shape index (κ3) is 6.14. The summed E-state index contributed by atoms with van der Waals surface area (Å²) in [4.78, 5) is 17.9. The highest BCUT2D eigenvalue weighted by Crippen LogP contribution is 2.23. The van der Waals surface area contributed by atoms with Crippen LogP contribution in [0.1, 0.15) is 36.7 Å². The molecule has 0 N–H and O–H groups in total. The first-order chi connectivity index (χ1) is 16.4. The smallest absolute Gasteiger partial charge is 0.282 e. The van der Waals surface area contributed by atoms with Crippen LogP contribution in [0.4, 0.5) is 0 Å². The monoisotopic (exact) mass is 693 g/mol. The third-order valence-electron chi connectivity index (χ3n) is 5.22. The summed E-state index contributed by atoms with van der Waals surface area (Å²) < 4.78 is 10.3. The third-order valence-corrected chi connectivity index (χ3v) is 7.08. The van der Waals surface area contributed by atoms with Gasteiger partial charge in [-0.2, -0.15) is 9.78 Å². The molecule has 0 aliphatic heterocycles. The fourth-order valence-corrected chi connectivity index (χ4v) is 4.71. The van der Waals surface area contributed by atoms with E-state index in [9.17, 15) is 4.79 Å². The maximum absolute atomic E-state index is 13.2. The van der Waals surface area contributed by atoms with Gasteiger partial charge in [0, 0.05) is 15.4 Å². The van der Waals surface area contributed by atoms with E-state index < -0.39 is 0 Å². The summed E-state index contributed by atoms with van der Waals surface area (Å²) in [5, 5.41) is 5.07. The zero-order valence-electron chi connectivity index (χ0n) is 18.5. The molecule has 0 fully saturated rings. The number of unbranched alkanes of at least 4 members (excludes halogenated alkanes) is 1. The number of halogens is 3. The number of ether oxygens (including phenoxy) is 1. The maximum Gasteiger partial charge on any atom is 0.282 e. The Morgan fingerprint density at radius 1 is 1.06 bits per heavy atom. The largest absolute Gasteiger partial charge is 0.488 e. The SMILES string of the molecule is CCCCc1nc2ccc(Br)cc2c(=O)n1N=Cc1ccc(OCc2ccc(Br)cc2)c(I)c1. The average Bonchev–Trinajstić information content (AvgIpc) is 2.83. The van der Waals surface area contributed by atoms with Crippen LogP contribution in [0.2, 0.25) is 0 Å². The number of hydrogen-bond acceptors (Lipinski definition) is 4. The van der Waals surface area contributed by atoms with Crippen LogP contribution < -0.4 is 10.3 Å². The van der Waals surface area contributed by atoms with Crippen molar-refractivity contribution in [1.29, 1.82) is 0 Å². The van der Waals surface area contributed by atoms with Gasteiger partial charge >= 0.3 is 0 Å². The lowest BCUT2D eigenvalue weighted by Crippen LogP contribution is -2.22. The summed E-state index contributed by atoms with van der Waals surface area (Å²) in [5.74, 6) is 1.47. The normalized spacial score (nSPS) is 11.4. The molecule has 0 aliphatic carbocycles. The second kappa shape index (κ2) is 11.6. The molecule has 0 saturated heterocycles. The van der Waals surface area contributed by atoms with Crippen LogP contribution >= 0.6 is 54.5 Å². The summed E-state index contributed by atoms with van der Waals surface area (Å²) in [5.41, 5.74) is 2.49. The van der Waals surface area contributed by atoms with Crippen LogP contribution in [-0.4, -0.2) is 15.9 Å². The predicted octanol–water partition coefficient (Wildman–Crippen LogP) is 7.33. The van der Waals surface area contributed by atoms with Crippen molar-refractivity contribution in [1.82, 2.24) is 9.66 Å². The number of aryl methyl sites for hydroxylation is 1. The summed E-state index contributed by atoms with van der Waals surface area (Å²) in [7, 11) is 0. The van der Waals surface area contributed by atoms with E-state index in [0.717, 1.165) is 42.2 Å². The fourth-order valence-electron chi connectivity index (χ4n) is 3.39. The van der Waals surface area contributed by atoms with Crippen molar-refractivity contribution in [3.63, 3.8) is 0 Å². The van der Waals surface area contributed by atoms with Gasteiger partial charge < -0.3 is 4.74 Å². The van der Waals surface area contributed by atoms with Gasteiger partial charge in [-0.3, -0.25) is 4.79 Å². The lowest BCUT2D eigenvalue weighted by molar-refractivity contribution is 0.304. The van der Waals surface area contributed by atoms with Gasteiger partial charge in [-0.15, -0.1) is 0 Å². The van der Waals surface area contributed by atoms with Crippen molar-refractivity contribution in [3.8, 4) is 5.75 Å². The molecule has 5 nitrogen and oxygen atoms in total. The van der Waals surface area contributed by atoms with Crippen molar-refractivity contribution < 1.29 is 4.74 Å². The van der Waals surface area contributed by atoms with Crippen molar-refractivity contribution >= 4 is 71.6 Å². The number of benzene rings is 3. The maximum atomic E-state index is 13.2. The molecule has 4 rings (SSSR count). The van der Waals surface area contributed by atoms with Crippen molar-refractivity contribution in [3.05, 3.63) is 100 Å². The van der Waals surface area contributed by atoms with Crippen LogP contribution in [0.3, 0.4) is 0 Å². The molecule has 34 heavy (non-hydrogen) atoms. The van der Waals surface area contributed by atoms with E-state index in [1.54, 1.807) is 12.3 Å². The Labute approximate surface area is 228 Å². The highest BCUT2D eigenvalue weighted by molar-refractivity contribution is 14.1.